The third kappa shape index (κ3) is 2.99. The number of benzene rings is 2. The Kier molecular flexibility index (Phi) is 4.67. The first-order valence-corrected chi connectivity index (χ1v) is 11.0. The van der Waals surface area contributed by atoms with Crippen LogP contribution < -0.4 is 4.90 Å². The number of fused-ring (bicyclic) bond motifs is 2. The molecule has 1 atom stereocenters. The fourth-order valence-corrected chi connectivity index (χ4v) is 4.95. The van der Waals surface area contributed by atoms with Gasteiger partial charge in [-0.15, -0.1) is 0 Å². The third-order valence-corrected chi connectivity index (χ3v) is 7.36. The van der Waals surface area contributed by atoms with Gasteiger partial charge in [0.15, 0.2) is 0 Å². The third-order valence-electron chi connectivity index (χ3n) is 5.55. The molecule has 3 aromatic rings. The monoisotopic (exact) mass is 398 g/mol. The van der Waals surface area contributed by atoms with E-state index in [1.54, 1.807) is 26.2 Å². The van der Waals surface area contributed by atoms with E-state index < -0.39 is 10.0 Å². The predicted molar refractivity (Wildman–Crippen MR) is 112 cm³/mol. The number of para-hydroxylation sites is 1. The fraction of sp³-hybridized carbons (Fsp3) is 0.381. The molecular formula is C21H26N4O2S. The van der Waals surface area contributed by atoms with Crippen LogP contribution >= 0.6 is 0 Å². The molecule has 0 spiro atoms. The zero-order chi connectivity index (χ0) is 20.1. The van der Waals surface area contributed by atoms with Crippen molar-refractivity contribution in [1.82, 2.24) is 13.9 Å². The Labute approximate surface area is 166 Å². The molecule has 2 aromatic carbocycles. The minimum atomic E-state index is -3.48. The molecule has 0 saturated heterocycles. The lowest BCUT2D eigenvalue weighted by Crippen LogP contribution is -2.30. The first-order valence-electron chi connectivity index (χ1n) is 9.59. The van der Waals surface area contributed by atoms with Crippen LogP contribution in [-0.4, -0.2) is 42.4 Å². The van der Waals surface area contributed by atoms with Gasteiger partial charge in [-0.3, -0.25) is 0 Å². The second-order valence-electron chi connectivity index (χ2n) is 7.52. The molecule has 2 heterocycles. The van der Waals surface area contributed by atoms with Crippen LogP contribution in [0.1, 0.15) is 25.2 Å². The van der Waals surface area contributed by atoms with Crippen molar-refractivity contribution in [3.8, 4) is 0 Å². The van der Waals surface area contributed by atoms with Gasteiger partial charge in [-0.1, -0.05) is 18.2 Å². The molecule has 28 heavy (non-hydrogen) atoms. The van der Waals surface area contributed by atoms with Crippen molar-refractivity contribution in [2.24, 2.45) is 0 Å². The smallest absolute Gasteiger partial charge is 0.242 e. The summed E-state index contributed by atoms with van der Waals surface area (Å²) in [6, 6.07) is 14.1. The van der Waals surface area contributed by atoms with Crippen LogP contribution in [-0.2, 0) is 29.5 Å². The van der Waals surface area contributed by atoms with Gasteiger partial charge >= 0.3 is 0 Å². The van der Waals surface area contributed by atoms with E-state index in [0.29, 0.717) is 12.6 Å². The summed E-state index contributed by atoms with van der Waals surface area (Å²) in [6.45, 7) is 5.82. The Morgan fingerprint density at radius 1 is 1.18 bits per heavy atom. The number of hydrogen-bond acceptors (Lipinski definition) is 4. The molecule has 1 aliphatic rings. The van der Waals surface area contributed by atoms with Crippen LogP contribution in [0.5, 0.6) is 0 Å². The van der Waals surface area contributed by atoms with E-state index in [1.165, 1.54) is 15.6 Å². The summed E-state index contributed by atoms with van der Waals surface area (Å²) < 4.78 is 28.4. The molecule has 0 bridgehead atoms. The van der Waals surface area contributed by atoms with E-state index >= 15 is 0 Å². The molecule has 0 fully saturated rings. The number of anilines is 1. The van der Waals surface area contributed by atoms with Gasteiger partial charge in [0, 0.05) is 32.4 Å². The number of aryl methyl sites for hydroxylation is 1. The van der Waals surface area contributed by atoms with Crippen LogP contribution in [0.4, 0.5) is 5.69 Å². The Bertz CT molecular complexity index is 1130. The first kappa shape index (κ1) is 19.0. The summed E-state index contributed by atoms with van der Waals surface area (Å²) in [5.74, 6) is 0.959. The summed E-state index contributed by atoms with van der Waals surface area (Å²) in [4.78, 5) is 7.49. The Hall–Kier alpha value is -2.38. The fourth-order valence-electron chi connectivity index (χ4n) is 4.03. The van der Waals surface area contributed by atoms with Crippen LogP contribution in [0.2, 0.25) is 0 Å². The first-order chi connectivity index (χ1) is 13.3. The summed E-state index contributed by atoms with van der Waals surface area (Å²) in [5, 5.41) is 0. The van der Waals surface area contributed by atoms with E-state index in [0.717, 1.165) is 29.8 Å². The molecule has 0 amide bonds. The van der Waals surface area contributed by atoms with E-state index in [4.69, 9.17) is 4.98 Å². The van der Waals surface area contributed by atoms with E-state index in [9.17, 15) is 8.42 Å². The molecule has 148 valence electrons. The molecule has 1 aliphatic heterocycles. The molecular weight excluding hydrogens is 372 g/mol. The lowest BCUT2D eigenvalue weighted by atomic mass is 10.1. The van der Waals surface area contributed by atoms with E-state index in [1.807, 2.05) is 6.07 Å². The Morgan fingerprint density at radius 2 is 1.93 bits per heavy atom. The minimum Gasteiger partial charge on any atom is -0.361 e. The van der Waals surface area contributed by atoms with Gasteiger partial charge in [0.25, 0.3) is 0 Å². The summed E-state index contributed by atoms with van der Waals surface area (Å²) in [5.41, 5.74) is 4.32. The standard InChI is InChI=1S/C21H26N4O2S/c1-5-24-20-11-10-17(28(26,27)23(3)4)13-18(20)22-21(24)14-25-15(2)12-16-8-6-7-9-19(16)25/h6-11,13,15H,5,12,14H2,1-4H3. The normalized spacial score (nSPS) is 16.9. The second kappa shape index (κ2) is 6.90. The summed E-state index contributed by atoms with van der Waals surface area (Å²) in [7, 11) is -0.389. The lowest BCUT2D eigenvalue weighted by Gasteiger charge is -2.24. The van der Waals surface area contributed by atoms with Crippen molar-refractivity contribution >= 4 is 26.7 Å². The lowest BCUT2D eigenvalue weighted by molar-refractivity contribution is 0.521. The highest BCUT2D eigenvalue weighted by atomic mass is 32.2. The highest BCUT2D eigenvalue weighted by Gasteiger charge is 2.27. The van der Waals surface area contributed by atoms with Crippen molar-refractivity contribution < 1.29 is 8.42 Å². The molecule has 6 nitrogen and oxygen atoms in total. The molecule has 4 rings (SSSR count). The molecule has 1 unspecified atom stereocenters. The van der Waals surface area contributed by atoms with Gasteiger partial charge in [0.2, 0.25) is 10.0 Å². The SMILES string of the molecule is CCn1c(CN2c3ccccc3CC2C)nc2cc(S(=O)(=O)N(C)C)ccc21. The maximum Gasteiger partial charge on any atom is 0.242 e. The van der Waals surface area contributed by atoms with Gasteiger partial charge < -0.3 is 9.47 Å². The summed E-state index contributed by atoms with van der Waals surface area (Å²) >= 11 is 0. The molecule has 0 radical (unpaired) electrons. The van der Waals surface area contributed by atoms with Gasteiger partial charge in [-0.05, 0) is 50.1 Å². The molecule has 7 heteroatoms. The largest absolute Gasteiger partial charge is 0.361 e. The highest BCUT2D eigenvalue weighted by molar-refractivity contribution is 7.89. The molecule has 0 aliphatic carbocycles. The van der Waals surface area contributed by atoms with Gasteiger partial charge in [0.05, 0.1) is 22.5 Å². The quantitative estimate of drug-likeness (QED) is 0.662. The zero-order valence-electron chi connectivity index (χ0n) is 16.8. The van der Waals surface area contributed by atoms with Crippen LogP contribution in [0.3, 0.4) is 0 Å². The van der Waals surface area contributed by atoms with Crippen molar-refractivity contribution in [3.63, 3.8) is 0 Å². The Morgan fingerprint density at radius 3 is 2.64 bits per heavy atom. The Balaban J connectivity index is 1.76. The molecule has 1 aromatic heterocycles. The van der Waals surface area contributed by atoms with E-state index in [-0.39, 0.29) is 4.90 Å². The maximum absolute atomic E-state index is 12.5. The zero-order valence-corrected chi connectivity index (χ0v) is 17.6. The number of aromatic nitrogens is 2. The van der Waals surface area contributed by atoms with Crippen molar-refractivity contribution in [1.29, 1.82) is 0 Å². The molecule has 0 saturated carbocycles. The van der Waals surface area contributed by atoms with Gasteiger partial charge in [0.1, 0.15) is 5.82 Å². The van der Waals surface area contributed by atoms with Crippen LogP contribution in [0, 0.1) is 0 Å². The van der Waals surface area contributed by atoms with Crippen molar-refractivity contribution in [3.05, 3.63) is 53.9 Å². The van der Waals surface area contributed by atoms with E-state index in [2.05, 4.69) is 47.6 Å². The number of imidazole rings is 1. The van der Waals surface area contributed by atoms with Crippen LogP contribution in [0.15, 0.2) is 47.4 Å². The predicted octanol–water partition coefficient (Wildman–Crippen LogP) is 3.26. The van der Waals surface area contributed by atoms with Gasteiger partial charge in [-0.2, -0.15) is 0 Å². The highest BCUT2D eigenvalue weighted by Crippen LogP contribution is 2.33. The number of sulfonamides is 1. The molecule has 0 N–H and O–H groups in total. The average Bonchev–Trinajstić information content (AvgIpc) is 3.18. The maximum atomic E-state index is 12.5. The number of rotatable bonds is 5. The van der Waals surface area contributed by atoms with Crippen LogP contribution in [0.25, 0.3) is 11.0 Å². The summed E-state index contributed by atoms with van der Waals surface area (Å²) in [6.07, 6.45) is 1.04. The number of hydrogen-bond donors (Lipinski definition) is 0. The van der Waals surface area contributed by atoms with Crippen molar-refractivity contribution in [2.75, 3.05) is 19.0 Å². The topological polar surface area (TPSA) is 58.4 Å². The average molecular weight is 399 g/mol. The van der Waals surface area contributed by atoms with Gasteiger partial charge in [-0.25, -0.2) is 17.7 Å². The second-order valence-corrected chi connectivity index (χ2v) is 9.67. The number of nitrogens with zero attached hydrogens (tertiary/aromatic N) is 4. The minimum absolute atomic E-state index is 0.275. The van der Waals surface area contributed by atoms with Crippen molar-refractivity contribution in [2.45, 2.75) is 44.3 Å².